The lowest BCUT2D eigenvalue weighted by Crippen LogP contribution is -2.24. The molecule has 1 heterocycles. The van der Waals surface area contributed by atoms with Gasteiger partial charge in [-0.15, -0.1) is 0 Å². The Bertz CT molecular complexity index is 462. The molecule has 0 aliphatic carbocycles. The summed E-state index contributed by atoms with van der Waals surface area (Å²) >= 11 is 0. The summed E-state index contributed by atoms with van der Waals surface area (Å²) in [6.07, 6.45) is 0.748. The van der Waals surface area contributed by atoms with Crippen molar-refractivity contribution in [2.75, 3.05) is 11.9 Å². The highest BCUT2D eigenvalue weighted by Crippen LogP contribution is 2.24. The maximum atomic E-state index is 10.8. The van der Waals surface area contributed by atoms with Crippen molar-refractivity contribution >= 4 is 11.7 Å². The molecule has 1 aromatic carbocycles. The van der Waals surface area contributed by atoms with Gasteiger partial charge >= 0.3 is 5.97 Å². The van der Waals surface area contributed by atoms with Gasteiger partial charge in [-0.1, -0.05) is 32.9 Å². The van der Waals surface area contributed by atoms with Gasteiger partial charge in [0.25, 0.3) is 0 Å². The number of anilines is 1. The van der Waals surface area contributed by atoms with Crippen molar-refractivity contribution in [1.29, 1.82) is 0 Å². The molecule has 1 fully saturated rings. The molecule has 1 saturated heterocycles. The zero-order chi connectivity index (χ0) is 14.8. The van der Waals surface area contributed by atoms with Crippen LogP contribution in [0.5, 0.6) is 0 Å². The molecule has 0 bridgehead atoms. The molecule has 20 heavy (non-hydrogen) atoms. The lowest BCUT2D eigenvalue weighted by molar-refractivity contribution is -0.149. The van der Waals surface area contributed by atoms with Crippen LogP contribution in [0.15, 0.2) is 24.3 Å². The molecule has 0 radical (unpaired) electrons. The smallest absolute Gasteiger partial charge is 0.332 e. The zero-order valence-corrected chi connectivity index (χ0v) is 12.3. The van der Waals surface area contributed by atoms with Crippen molar-refractivity contribution in [3.05, 3.63) is 29.8 Å². The largest absolute Gasteiger partial charge is 0.479 e. The van der Waals surface area contributed by atoms with Crippen LogP contribution in [0.1, 0.15) is 39.2 Å². The third-order valence-corrected chi connectivity index (χ3v) is 3.67. The first-order chi connectivity index (χ1) is 9.36. The molecule has 1 aliphatic heterocycles. The first-order valence-electron chi connectivity index (χ1n) is 7.09. The van der Waals surface area contributed by atoms with Gasteiger partial charge in [-0.25, -0.2) is 4.79 Å². The molecular formula is C16H23NO3. The van der Waals surface area contributed by atoms with Crippen LogP contribution in [0.2, 0.25) is 0 Å². The maximum absolute atomic E-state index is 10.8. The predicted molar refractivity (Wildman–Crippen MR) is 79.2 cm³/mol. The Labute approximate surface area is 120 Å². The number of hydrogen-bond donors (Lipinski definition) is 2. The Hall–Kier alpha value is -1.55. The fourth-order valence-electron chi connectivity index (χ4n) is 2.36. The van der Waals surface area contributed by atoms with Gasteiger partial charge in [-0.2, -0.15) is 0 Å². The van der Waals surface area contributed by atoms with Gasteiger partial charge < -0.3 is 15.2 Å². The van der Waals surface area contributed by atoms with E-state index in [9.17, 15) is 4.79 Å². The SMILES string of the molecule is CC(C)(C)c1ccc(NCC2CCC(C(=O)O)O2)cc1. The van der Waals surface area contributed by atoms with Crippen molar-refractivity contribution in [1.82, 2.24) is 0 Å². The van der Waals surface area contributed by atoms with E-state index in [1.807, 2.05) is 0 Å². The van der Waals surface area contributed by atoms with Gasteiger partial charge in [0.1, 0.15) is 0 Å². The Morgan fingerprint density at radius 1 is 1.30 bits per heavy atom. The lowest BCUT2D eigenvalue weighted by Gasteiger charge is -2.19. The summed E-state index contributed by atoms with van der Waals surface area (Å²) in [5.74, 6) is -0.859. The van der Waals surface area contributed by atoms with Crippen molar-refractivity contribution in [3.63, 3.8) is 0 Å². The molecule has 0 aromatic heterocycles. The molecule has 4 heteroatoms. The highest BCUT2D eigenvalue weighted by Gasteiger charge is 2.30. The number of carbonyl (C=O) groups is 1. The van der Waals surface area contributed by atoms with Crippen molar-refractivity contribution in [2.24, 2.45) is 0 Å². The Morgan fingerprint density at radius 3 is 2.45 bits per heavy atom. The molecule has 1 aromatic rings. The van der Waals surface area contributed by atoms with Gasteiger partial charge in [0.2, 0.25) is 0 Å². The first-order valence-corrected chi connectivity index (χ1v) is 7.09. The molecule has 4 nitrogen and oxygen atoms in total. The number of hydrogen-bond acceptors (Lipinski definition) is 3. The minimum absolute atomic E-state index is 0.0154. The van der Waals surface area contributed by atoms with Crippen LogP contribution in [0, 0.1) is 0 Å². The van der Waals surface area contributed by atoms with Crippen LogP contribution in [0.25, 0.3) is 0 Å². The summed E-state index contributed by atoms with van der Waals surface area (Å²) in [7, 11) is 0. The number of ether oxygens (including phenoxy) is 1. The topological polar surface area (TPSA) is 58.6 Å². The van der Waals surface area contributed by atoms with Crippen LogP contribution in [0.3, 0.4) is 0 Å². The average Bonchev–Trinajstić information content (AvgIpc) is 2.85. The van der Waals surface area contributed by atoms with E-state index in [-0.39, 0.29) is 11.5 Å². The Morgan fingerprint density at radius 2 is 1.95 bits per heavy atom. The molecule has 0 saturated carbocycles. The van der Waals surface area contributed by atoms with E-state index in [1.54, 1.807) is 0 Å². The van der Waals surface area contributed by atoms with E-state index in [4.69, 9.17) is 9.84 Å². The molecule has 0 spiro atoms. The van der Waals surface area contributed by atoms with Crippen LogP contribution >= 0.6 is 0 Å². The van der Waals surface area contributed by atoms with Gasteiger partial charge in [0, 0.05) is 12.2 Å². The number of nitrogens with one attached hydrogen (secondary N) is 1. The molecular weight excluding hydrogens is 254 g/mol. The van der Waals surface area contributed by atoms with Crippen LogP contribution in [-0.4, -0.2) is 29.8 Å². The Balaban J connectivity index is 1.85. The lowest BCUT2D eigenvalue weighted by atomic mass is 9.87. The Kier molecular flexibility index (Phi) is 4.33. The summed E-state index contributed by atoms with van der Waals surface area (Å²) in [6, 6.07) is 8.37. The number of rotatable bonds is 4. The van der Waals surface area contributed by atoms with E-state index in [2.05, 4.69) is 50.4 Å². The first kappa shape index (κ1) is 14.9. The minimum atomic E-state index is -0.859. The molecule has 110 valence electrons. The van der Waals surface area contributed by atoms with E-state index in [1.165, 1.54) is 5.56 Å². The summed E-state index contributed by atoms with van der Waals surface area (Å²) < 4.78 is 5.46. The van der Waals surface area contributed by atoms with Gasteiger partial charge in [0.05, 0.1) is 6.10 Å². The molecule has 0 amide bonds. The van der Waals surface area contributed by atoms with Crippen LogP contribution in [0.4, 0.5) is 5.69 Å². The fraction of sp³-hybridized carbons (Fsp3) is 0.562. The van der Waals surface area contributed by atoms with Crippen molar-refractivity contribution in [2.45, 2.75) is 51.2 Å². The van der Waals surface area contributed by atoms with Gasteiger partial charge in [-0.3, -0.25) is 0 Å². The minimum Gasteiger partial charge on any atom is -0.479 e. The number of benzene rings is 1. The summed E-state index contributed by atoms with van der Waals surface area (Å²) in [5.41, 5.74) is 2.49. The summed E-state index contributed by atoms with van der Waals surface area (Å²) in [4.78, 5) is 10.8. The zero-order valence-electron chi connectivity index (χ0n) is 12.3. The second kappa shape index (κ2) is 5.83. The molecule has 1 aliphatic rings. The van der Waals surface area contributed by atoms with E-state index in [0.717, 1.165) is 12.1 Å². The molecule has 2 N–H and O–H groups in total. The molecule has 2 unspecified atom stereocenters. The summed E-state index contributed by atoms with van der Waals surface area (Å²) in [6.45, 7) is 7.22. The summed E-state index contributed by atoms with van der Waals surface area (Å²) in [5, 5.41) is 12.2. The second-order valence-electron chi connectivity index (χ2n) is 6.37. The highest BCUT2D eigenvalue weighted by molar-refractivity contribution is 5.72. The van der Waals surface area contributed by atoms with Gasteiger partial charge in [0.15, 0.2) is 6.10 Å². The predicted octanol–water partition coefficient (Wildman–Crippen LogP) is 3.03. The monoisotopic (exact) mass is 277 g/mol. The third kappa shape index (κ3) is 3.73. The second-order valence-corrected chi connectivity index (χ2v) is 6.37. The van der Waals surface area contributed by atoms with Crippen LogP contribution in [-0.2, 0) is 14.9 Å². The molecule has 2 rings (SSSR count). The third-order valence-electron chi connectivity index (χ3n) is 3.67. The van der Waals surface area contributed by atoms with Crippen molar-refractivity contribution in [3.8, 4) is 0 Å². The fourth-order valence-corrected chi connectivity index (χ4v) is 2.36. The van der Waals surface area contributed by atoms with E-state index >= 15 is 0 Å². The number of aliphatic carboxylic acids is 1. The quantitative estimate of drug-likeness (QED) is 0.888. The number of carboxylic acids is 1. The van der Waals surface area contributed by atoms with E-state index in [0.29, 0.717) is 13.0 Å². The molecule has 2 atom stereocenters. The standard InChI is InChI=1S/C16H23NO3/c1-16(2,3)11-4-6-12(7-5-11)17-10-13-8-9-14(20-13)15(18)19/h4-7,13-14,17H,8-10H2,1-3H3,(H,18,19). The maximum Gasteiger partial charge on any atom is 0.332 e. The van der Waals surface area contributed by atoms with Crippen molar-refractivity contribution < 1.29 is 14.6 Å². The number of carboxylic acid groups (broad SMARTS) is 1. The van der Waals surface area contributed by atoms with Gasteiger partial charge in [-0.05, 0) is 36.0 Å². The normalized spacial score (nSPS) is 22.8. The highest BCUT2D eigenvalue weighted by atomic mass is 16.5. The van der Waals surface area contributed by atoms with E-state index < -0.39 is 12.1 Å². The van der Waals surface area contributed by atoms with Crippen LogP contribution < -0.4 is 5.32 Å². The average molecular weight is 277 g/mol.